The summed E-state index contributed by atoms with van der Waals surface area (Å²) in [6, 6.07) is 2.73. The summed E-state index contributed by atoms with van der Waals surface area (Å²) in [6.07, 6.45) is 4.98. The first-order chi connectivity index (χ1) is 12.1. The topological polar surface area (TPSA) is 57.5 Å². The molecule has 0 bridgehead atoms. The van der Waals surface area contributed by atoms with E-state index in [0.29, 0.717) is 6.04 Å². The number of likely N-dealkylation sites (N-methyl/N-ethyl adjacent to an activating group) is 1. The second-order valence-electron chi connectivity index (χ2n) is 6.93. The summed E-state index contributed by atoms with van der Waals surface area (Å²) >= 11 is 0. The Bertz CT molecular complexity index is 542. The van der Waals surface area contributed by atoms with E-state index in [9.17, 15) is 0 Å². The molecule has 2 heterocycles. The molecule has 1 aromatic rings. The molecule has 26 heavy (non-hydrogen) atoms. The van der Waals surface area contributed by atoms with E-state index in [2.05, 4.69) is 52.2 Å². The highest BCUT2D eigenvalue weighted by Gasteiger charge is 2.20. The number of hydrogen-bond donors (Lipinski definition) is 2. The summed E-state index contributed by atoms with van der Waals surface area (Å²) in [7, 11) is 0. The molecular formula is C19H37IN6. The maximum Gasteiger partial charge on any atom is 0.191 e. The van der Waals surface area contributed by atoms with Gasteiger partial charge in [-0.2, -0.15) is 5.10 Å². The normalized spacial score (nSPS) is 18.5. The number of halogens is 1. The molecule has 0 aliphatic carbocycles. The second kappa shape index (κ2) is 12.5. The van der Waals surface area contributed by atoms with E-state index in [1.54, 1.807) is 0 Å². The zero-order valence-corrected chi connectivity index (χ0v) is 19.3. The molecule has 1 fully saturated rings. The molecular weight excluding hydrogens is 439 g/mol. The Morgan fingerprint density at radius 1 is 1.27 bits per heavy atom. The van der Waals surface area contributed by atoms with Gasteiger partial charge in [-0.05, 0) is 59.2 Å². The number of rotatable bonds is 8. The largest absolute Gasteiger partial charge is 0.357 e. The number of piperidine rings is 1. The first-order valence-corrected chi connectivity index (χ1v) is 9.91. The average Bonchev–Trinajstić information content (AvgIpc) is 2.94. The van der Waals surface area contributed by atoms with Gasteiger partial charge in [-0.3, -0.25) is 14.6 Å². The Morgan fingerprint density at radius 2 is 2.08 bits per heavy atom. The standard InChI is InChI=1S/C19H36N6.HI/c1-5-20-19(22-15-18-10-7-8-12-24(18)6-2)21-11-9-13-25-17(4)14-16(3)23-25;/h14,18H,5-13,15H2,1-4H3,(H2,20,21,22);1H. The van der Waals surface area contributed by atoms with Crippen LogP contribution in [0, 0.1) is 13.8 Å². The molecule has 1 aliphatic heterocycles. The zero-order chi connectivity index (χ0) is 18.1. The number of nitrogens with one attached hydrogen (secondary N) is 2. The lowest BCUT2D eigenvalue weighted by molar-refractivity contribution is 0.161. The van der Waals surface area contributed by atoms with Crippen LogP contribution in [0.25, 0.3) is 0 Å². The quantitative estimate of drug-likeness (QED) is 0.262. The van der Waals surface area contributed by atoms with E-state index < -0.39 is 0 Å². The highest BCUT2D eigenvalue weighted by molar-refractivity contribution is 14.0. The van der Waals surface area contributed by atoms with E-state index in [4.69, 9.17) is 4.99 Å². The molecule has 0 aromatic carbocycles. The van der Waals surface area contributed by atoms with Crippen molar-refractivity contribution in [2.24, 2.45) is 4.99 Å². The van der Waals surface area contributed by atoms with Crippen molar-refractivity contribution in [3.8, 4) is 0 Å². The van der Waals surface area contributed by atoms with Gasteiger partial charge in [0.2, 0.25) is 0 Å². The summed E-state index contributed by atoms with van der Waals surface area (Å²) in [4.78, 5) is 7.40. The molecule has 150 valence electrons. The van der Waals surface area contributed by atoms with Crippen LogP contribution in [0.3, 0.4) is 0 Å². The van der Waals surface area contributed by atoms with Gasteiger partial charge in [0.25, 0.3) is 0 Å². The molecule has 0 saturated carbocycles. The van der Waals surface area contributed by atoms with Gasteiger partial charge in [-0.25, -0.2) is 0 Å². The third-order valence-corrected chi connectivity index (χ3v) is 4.90. The van der Waals surface area contributed by atoms with Crippen molar-refractivity contribution in [2.75, 3.05) is 32.7 Å². The maximum absolute atomic E-state index is 4.83. The number of aryl methyl sites for hydroxylation is 3. The number of aliphatic imine (C=N–C) groups is 1. The maximum atomic E-state index is 4.83. The third-order valence-electron chi connectivity index (χ3n) is 4.90. The van der Waals surface area contributed by atoms with Crippen LogP contribution in [0.5, 0.6) is 0 Å². The molecule has 0 spiro atoms. The van der Waals surface area contributed by atoms with Crippen LogP contribution in [0.15, 0.2) is 11.1 Å². The van der Waals surface area contributed by atoms with E-state index in [-0.39, 0.29) is 24.0 Å². The Kier molecular flexibility index (Phi) is 11.2. The fourth-order valence-electron chi connectivity index (χ4n) is 3.56. The van der Waals surface area contributed by atoms with Gasteiger partial charge in [0.15, 0.2) is 5.96 Å². The molecule has 7 heteroatoms. The van der Waals surface area contributed by atoms with Gasteiger partial charge < -0.3 is 10.6 Å². The van der Waals surface area contributed by atoms with Gasteiger partial charge in [-0.15, -0.1) is 24.0 Å². The first-order valence-electron chi connectivity index (χ1n) is 9.91. The average molecular weight is 476 g/mol. The Morgan fingerprint density at radius 3 is 2.73 bits per heavy atom. The van der Waals surface area contributed by atoms with Crippen molar-refractivity contribution < 1.29 is 0 Å². The number of likely N-dealkylation sites (tertiary alicyclic amines) is 1. The molecule has 1 unspecified atom stereocenters. The second-order valence-corrected chi connectivity index (χ2v) is 6.93. The van der Waals surface area contributed by atoms with Gasteiger partial charge >= 0.3 is 0 Å². The zero-order valence-electron chi connectivity index (χ0n) is 16.9. The van der Waals surface area contributed by atoms with E-state index in [1.807, 2.05) is 6.92 Å². The van der Waals surface area contributed by atoms with E-state index >= 15 is 0 Å². The van der Waals surface area contributed by atoms with E-state index in [1.165, 1.54) is 31.5 Å². The van der Waals surface area contributed by atoms with Crippen molar-refractivity contribution in [3.05, 3.63) is 17.5 Å². The molecule has 1 aromatic heterocycles. The molecule has 1 saturated heterocycles. The van der Waals surface area contributed by atoms with Crippen molar-refractivity contribution >= 4 is 29.9 Å². The monoisotopic (exact) mass is 476 g/mol. The van der Waals surface area contributed by atoms with Crippen LogP contribution >= 0.6 is 24.0 Å². The lowest BCUT2D eigenvalue weighted by Gasteiger charge is -2.33. The molecule has 6 nitrogen and oxygen atoms in total. The summed E-state index contributed by atoms with van der Waals surface area (Å²) in [6.45, 7) is 14.5. The van der Waals surface area contributed by atoms with Gasteiger partial charge in [-0.1, -0.05) is 13.3 Å². The van der Waals surface area contributed by atoms with Crippen LogP contribution in [-0.4, -0.2) is 59.4 Å². The Labute approximate surface area is 176 Å². The number of nitrogens with zero attached hydrogens (tertiary/aromatic N) is 4. The predicted octanol–water partition coefficient (Wildman–Crippen LogP) is 2.94. The molecule has 1 atom stereocenters. The lowest BCUT2D eigenvalue weighted by atomic mass is 10.0. The molecule has 0 amide bonds. The van der Waals surface area contributed by atoms with Gasteiger partial charge in [0.05, 0.1) is 12.2 Å². The summed E-state index contributed by atoms with van der Waals surface area (Å²) in [5.41, 5.74) is 2.32. The van der Waals surface area contributed by atoms with Crippen molar-refractivity contribution in [3.63, 3.8) is 0 Å². The SMILES string of the molecule is CCNC(=NCC1CCCCN1CC)NCCCn1nc(C)cc1C.I. The molecule has 0 radical (unpaired) electrons. The highest BCUT2D eigenvalue weighted by atomic mass is 127. The summed E-state index contributed by atoms with van der Waals surface area (Å²) in [5, 5.41) is 11.4. The number of guanidine groups is 1. The summed E-state index contributed by atoms with van der Waals surface area (Å²) in [5.74, 6) is 0.942. The highest BCUT2D eigenvalue weighted by Crippen LogP contribution is 2.16. The Balaban J connectivity index is 0.00000338. The third kappa shape index (κ3) is 7.42. The molecule has 1 aliphatic rings. The van der Waals surface area contributed by atoms with Crippen LogP contribution in [0.2, 0.25) is 0 Å². The van der Waals surface area contributed by atoms with Crippen LogP contribution < -0.4 is 10.6 Å². The van der Waals surface area contributed by atoms with Gasteiger partial charge in [0.1, 0.15) is 0 Å². The first kappa shape index (κ1) is 23.2. The summed E-state index contributed by atoms with van der Waals surface area (Å²) < 4.78 is 2.09. The fourth-order valence-corrected chi connectivity index (χ4v) is 3.56. The number of aromatic nitrogens is 2. The van der Waals surface area contributed by atoms with Crippen molar-refractivity contribution in [1.29, 1.82) is 0 Å². The predicted molar refractivity (Wildman–Crippen MR) is 121 cm³/mol. The molecule has 2 rings (SSSR count). The van der Waals surface area contributed by atoms with Crippen molar-refractivity contribution in [1.82, 2.24) is 25.3 Å². The minimum Gasteiger partial charge on any atom is -0.357 e. The molecule has 2 N–H and O–H groups in total. The van der Waals surface area contributed by atoms with Crippen LogP contribution in [-0.2, 0) is 6.54 Å². The minimum absolute atomic E-state index is 0. The van der Waals surface area contributed by atoms with Crippen LogP contribution in [0.1, 0.15) is 50.9 Å². The van der Waals surface area contributed by atoms with E-state index in [0.717, 1.165) is 50.8 Å². The lowest BCUT2D eigenvalue weighted by Crippen LogP contribution is -2.43. The Hall–Kier alpha value is -0.830. The van der Waals surface area contributed by atoms with Crippen molar-refractivity contribution in [2.45, 2.75) is 66.0 Å². The minimum atomic E-state index is 0. The van der Waals surface area contributed by atoms with Crippen LogP contribution in [0.4, 0.5) is 0 Å². The fraction of sp³-hybridized carbons (Fsp3) is 0.789. The van der Waals surface area contributed by atoms with Gasteiger partial charge in [0, 0.05) is 31.4 Å². The smallest absolute Gasteiger partial charge is 0.191 e. The number of hydrogen-bond acceptors (Lipinski definition) is 3.